The molecule has 2 heterocycles. The monoisotopic (exact) mass is 337 g/mol. The fraction of sp³-hybridized carbons (Fsp3) is 0.333. The third-order valence-electron chi connectivity index (χ3n) is 4.70. The van der Waals surface area contributed by atoms with E-state index in [0.29, 0.717) is 23.7 Å². The maximum atomic E-state index is 11.4. The van der Waals surface area contributed by atoms with E-state index < -0.39 is 5.97 Å². The Bertz CT molecular complexity index is 922. The van der Waals surface area contributed by atoms with Crippen LogP contribution in [0.4, 0.5) is 5.82 Å². The number of carbonyl (C=O) groups is 1. The van der Waals surface area contributed by atoms with Crippen molar-refractivity contribution < 1.29 is 9.90 Å². The standard InChI is InChI=1S/C18H19N5O2/c1-11-20-16(22-15-9-5-8-13(15)18(24)25)14-10-19-23(17(14)21-11)12-6-3-2-4-7-12/h2-4,6-7,10,13,15H,5,8-9H2,1H3,(H,24,25)(H,20,21,22)/t13-,15+/m0/s1. The van der Waals surface area contributed by atoms with Crippen molar-refractivity contribution in [2.24, 2.45) is 5.92 Å². The molecule has 7 heteroatoms. The molecular weight excluding hydrogens is 318 g/mol. The lowest BCUT2D eigenvalue weighted by Gasteiger charge is -2.18. The zero-order valence-electron chi connectivity index (χ0n) is 13.9. The number of hydrogen-bond acceptors (Lipinski definition) is 5. The number of benzene rings is 1. The maximum Gasteiger partial charge on any atom is 0.308 e. The van der Waals surface area contributed by atoms with Crippen LogP contribution in [-0.2, 0) is 4.79 Å². The van der Waals surface area contributed by atoms with Crippen LogP contribution < -0.4 is 5.32 Å². The van der Waals surface area contributed by atoms with Gasteiger partial charge < -0.3 is 10.4 Å². The van der Waals surface area contributed by atoms with Crippen LogP contribution >= 0.6 is 0 Å². The molecule has 0 saturated heterocycles. The molecule has 7 nitrogen and oxygen atoms in total. The van der Waals surface area contributed by atoms with Gasteiger partial charge in [-0.15, -0.1) is 0 Å². The largest absolute Gasteiger partial charge is 0.481 e. The van der Waals surface area contributed by atoms with Gasteiger partial charge in [0.25, 0.3) is 0 Å². The summed E-state index contributed by atoms with van der Waals surface area (Å²) >= 11 is 0. The highest BCUT2D eigenvalue weighted by Gasteiger charge is 2.33. The Morgan fingerprint density at radius 3 is 2.80 bits per heavy atom. The number of aryl methyl sites for hydroxylation is 1. The molecule has 3 aromatic rings. The number of rotatable bonds is 4. The number of para-hydroxylation sites is 1. The second-order valence-corrected chi connectivity index (χ2v) is 6.38. The third-order valence-corrected chi connectivity index (χ3v) is 4.70. The van der Waals surface area contributed by atoms with Gasteiger partial charge in [0.1, 0.15) is 11.6 Å². The molecule has 1 aliphatic rings. The molecule has 1 fully saturated rings. The zero-order chi connectivity index (χ0) is 17.4. The second-order valence-electron chi connectivity index (χ2n) is 6.38. The van der Waals surface area contributed by atoms with Crippen LogP contribution in [0.25, 0.3) is 16.7 Å². The number of nitrogens with zero attached hydrogens (tertiary/aromatic N) is 4. The van der Waals surface area contributed by atoms with Crippen LogP contribution in [0, 0.1) is 12.8 Å². The van der Waals surface area contributed by atoms with Crippen molar-refractivity contribution >= 4 is 22.8 Å². The average Bonchev–Trinajstić information content (AvgIpc) is 3.22. The summed E-state index contributed by atoms with van der Waals surface area (Å²) in [5.74, 6) is 0.145. The first-order chi connectivity index (χ1) is 12.1. The molecule has 1 saturated carbocycles. The quantitative estimate of drug-likeness (QED) is 0.760. The molecule has 0 radical (unpaired) electrons. The number of carboxylic acid groups (broad SMARTS) is 1. The highest BCUT2D eigenvalue weighted by Crippen LogP contribution is 2.31. The van der Waals surface area contributed by atoms with E-state index in [-0.39, 0.29) is 12.0 Å². The van der Waals surface area contributed by atoms with Crippen molar-refractivity contribution in [1.82, 2.24) is 19.7 Å². The Hall–Kier alpha value is -2.96. The summed E-state index contributed by atoms with van der Waals surface area (Å²) in [5.41, 5.74) is 1.64. The van der Waals surface area contributed by atoms with E-state index in [2.05, 4.69) is 20.4 Å². The van der Waals surface area contributed by atoms with Gasteiger partial charge in [0.2, 0.25) is 0 Å². The summed E-state index contributed by atoms with van der Waals surface area (Å²) in [4.78, 5) is 20.5. The van der Waals surface area contributed by atoms with E-state index in [9.17, 15) is 9.90 Å². The van der Waals surface area contributed by atoms with Crippen molar-refractivity contribution in [1.29, 1.82) is 0 Å². The van der Waals surface area contributed by atoms with Crippen LogP contribution in [-0.4, -0.2) is 36.9 Å². The van der Waals surface area contributed by atoms with Crippen LogP contribution in [0.2, 0.25) is 0 Å². The van der Waals surface area contributed by atoms with Gasteiger partial charge in [-0.3, -0.25) is 4.79 Å². The van der Waals surface area contributed by atoms with Crippen molar-refractivity contribution in [3.63, 3.8) is 0 Å². The van der Waals surface area contributed by atoms with E-state index in [4.69, 9.17) is 0 Å². The van der Waals surface area contributed by atoms with Gasteiger partial charge >= 0.3 is 5.97 Å². The predicted molar refractivity (Wildman–Crippen MR) is 93.8 cm³/mol. The Morgan fingerprint density at radius 1 is 1.24 bits per heavy atom. The number of hydrogen-bond donors (Lipinski definition) is 2. The number of carboxylic acids is 1. The number of aromatic nitrogens is 4. The molecule has 2 atom stereocenters. The molecule has 25 heavy (non-hydrogen) atoms. The van der Waals surface area contributed by atoms with E-state index in [1.165, 1.54) is 0 Å². The number of nitrogens with one attached hydrogen (secondary N) is 1. The van der Waals surface area contributed by atoms with Crippen LogP contribution in [0.15, 0.2) is 36.5 Å². The van der Waals surface area contributed by atoms with E-state index >= 15 is 0 Å². The zero-order valence-corrected chi connectivity index (χ0v) is 13.9. The SMILES string of the molecule is Cc1nc(N[C@@H]2CCC[C@@H]2C(=O)O)c2cnn(-c3ccccc3)c2n1. The summed E-state index contributed by atoms with van der Waals surface area (Å²) in [7, 11) is 0. The molecule has 4 rings (SSSR count). The van der Waals surface area contributed by atoms with Crippen molar-refractivity contribution in [3.05, 3.63) is 42.4 Å². The Labute approximate surface area is 144 Å². The normalized spacial score (nSPS) is 20.0. The summed E-state index contributed by atoms with van der Waals surface area (Å²) in [6.45, 7) is 1.83. The van der Waals surface area contributed by atoms with Crippen LogP contribution in [0.3, 0.4) is 0 Å². The summed E-state index contributed by atoms with van der Waals surface area (Å²) in [6, 6.07) is 9.67. The average molecular weight is 337 g/mol. The predicted octanol–water partition coefficient (Wildman–Crippen LogP) is 2.79. The number of fused-ring (bicyclic) bond motifs is 1. The topological polar surface area (TPSA) is 92.9 Å². The molecule has 128 valence electrons. The molecule has 2 aromatic heterocycles. The lowest BCUT2D eigenvalue weighted by molar-refractivity contribution is -0.141. The summed E-state index contributed by atoms with van der Waals surface area (Å²) in [6.07, 6.45) is 4.16. The van der Waals surface area contributed by atoms with Gasteiger partial charge in [-0.2, -0.15) is 5.10 Å². The molecule has 0 spiro atoms. The van der Waals surface area contributed by atoms with Gasteiger partial charge in [-0.25, -0.2) is 14.6 Å². The van der Waals surface area contributed by atoms with Crippen molar-refractivity contribution in [3.8, 4) is 5.69 Å². The van der Waals surface area contributed by atoms with Gasteiger partial charge in [0.15, 0.2) is 5.65 Å². The summed E-state index contributed by atoms with van der Waals surface area (Å²) < 4.78 is 1.78. The fourth-order valence-corrected chi connectivity index (χ4v) is 3.49. The summed E-state index contributed by atoms with van der Waals surface area (Å²) in [5, 5.41) is 18.0. The number of aliphatic carboxylic acids is 1. The Kier molecular flexibility index (Phi) is 3.83. The Morgan fingerprint density at radius 2 is 2.04 bits per heavy atom. The smallest absolute Gasteiger partial charge is 0.308 e. The molecule has 0 amide bonds. The van der Waals surface area contributed by atoms with Gasteiger partial charge in [0.05, 0.1) is 23.2 Å². The number of anilines is 1. The molecule has 2 N–H and O–H groups in total. The first kappa shape index (κ1) is 15.6. The van der Waals surface area contributed by atoms with Crippen LogP contribution in [0.1, 0.15) is 25.1 Å². The van der Waals surface area contributed by atoms with Crippen molar-refractivity contribution in [2.45, 2.75) is 32.2 Å². The molecule has 1 aliphatic carbocycles. The van der Waals surface area contributed by atoms with Gasteiger partial charge in [0, 0.05) is 6.04 Å². The minimum absolute atomic E-state index is 0.116. The minimum atomic E-state index is -0.753. The van der Waals surface area contributed by atoms with Crippen molar-refractivity contribution in [2.75, 3.05) is 5.32 Å². The highest BCUT2D eigenvalue weighted by atomic mass is 16.4. The van der Waals surface area contributed by atoms with Gasteiger partial charge in [-0.05, 0) is 31.9 Å². The molecule has 0 aliphatic heterocycles. The maximum absolute atomic E-state index is 11.4. The molecule has 0 bridgehead atoms. The third kappa shape index (κ3) is 2.82. The first-order valence-corrected chi connectivity index (χ1v) is 8.40. The minimum Gasteiger partial charge on any atom is -0.481 e. The lowest BCUT2D eigenvalue weighted by atomic mass is 10.0. The lowest BCUT2D eigenvalue weighted by Crippen LogP contribution is -2.30. The van der Waals surface area contributed by atoms with Gasteiger partial charge in [-0.1, -0.05) is 24.6 Å². The van der Waals surface area contributed by atoms with Crippen LogP contribution in [0.5, 0.6) is 0 Å². The van der Waals surface area contributed by atoms with E-state index in [1.807, 2.05) is 37.3 Å². The molecular formula is C18H19N5O2. The first-order valence-electron chi connectivity index (χ1n) is 8.40. The molecule has 0 unspecified atom stereocenters. The Balaban J connectivity index is 1.75. The van der Waals surface area contributed by atoms with E-state index in [1.54, 1.807) is 10.9 Å². The highest BCUT2D eigenvalue weighted by molar-refractivity contribution is 5.88. The van der Waals surface area contributed by atoms with E-state index in [0.717, 1.165) is 23.9 Å². The fourth-order valence-electron chi connectivity index (χ4n) is 3.49. The second kappa shape index (κ2) is 6.16. The molecule has 1 aromatic carbocycles.